The zero-order chi connectivity index (χ0) is 13.7. The number of carbonyl (C=O) groups excluding carboxylic acids is 2. The Morgan fingerprint density at radius 1 is 1.42 bits per heavy atom. The maximum absolute atomic E-state index is 11.9. The van der Waals surface area contributed by atoms with Crippen LogP contribution in [-0.4, -0.2) is 37.1 Å². The molecule has 0 bridgehead atoms. The number of hydrogen-bond donors (Lipinski definition) is 1. The molecule has 0 spiro atoms. The van der Waals surface area contributed by atoms with E-state index in [0.717, 1.165) is 5.56 Å². The van der Waals surface area contributed by atoms with Crippen molar-refractivity contribution in [3.05, 3.63) is 35.9 Å². The van der Waals surface area contributed by atoms with Crippen LogP contribution in [0.3, 0.4) is 0 Å². The minimum atomic E-state index is -0.450. The lowest BCUT2D eigenvalue weighted by molar-refractivity contribution is -0.128. The van der Waals surface area contributed by atoms with E-state index in [2.05, 4.69) is 10.1 Å². The number of ether oxygens (including phenoxy) is 1. The zero-order valence-electron chi connectivity index (χ0n) is 11.0. The van der Waals surface area contributed by atoms with E-state index >= 15 is 0 Å². The summed E-state index contributed by atoms with van der Waals surface area (Å²) in [5.41, 5.74) is 1.12. The molecule has 5 nitrogen and oxygen atoms in total. The summed E-state index contributed by atoms with van der Waals surface area (Å²) in [4.78, 5) is 24.7. The monoisotopic (exact) mass is 262 g/mol. The fraction of sp³-hybridized carbons (Fsp3) is 0.429. The molecule has 1 aromatic carbocycles. The van der Waals surface area contributed by atoms with Crippen molar-refractivity contribution < 1.29 is 14.3 Å². The summed E-state index contributed by atoms with van der Waals surface area (Å²) < 4.78 is 4.51. The molecule has 2 rings (SSSR count). The van der Waals surface area contributed by atoms with Crippen molar-refractivity contribution in [3.8, 4) is 0 Å². The van der Waals surface area contributed by atoms with E-state index in [9.17, 15) is 9.59 Å². The molecule has 1 unspecified atom stereocenters. The SMILES string of the molecule is COC(=O)NCC1CC(=O)N(Cc2ccccc2)C1. The number of alkyl carbamates (subject to hydrolysis) is 1. The van der Waals surface area contributed by atoms with Crippen molar-refractivity contribution in [2.75, 3.05) is 20.2 Å². The molecule has 1 heterocycles. The summed E-state index contributed by atoms with van der Waals surface area (Å²) in [6, 6.07) is 9.90. The van der Waals surface area contributed by atoms with E-state index in [1.54, 1.807) is 0 Å². The van der Waals surface area contributed by atoms with Crippen LogP contribution in [0.1, 0.15) is 12.0 Å². The van der Waals surface area contributed by atoms with Crippen LogP contribution in [0.5, 0.6) is 0 Å². The lowest BCUT2D eigenvalue weighted by Crippen LogP contribution is -2.31. The summed E-state index contributed by atoms with van der Waals surface area (Å²) in [6.45, 7) is 1.79. The van der Waals surface area contributed by atoms with E-state index in [1.807, 2.05) is 35.2 Å². The lowest BCUT2D eigenvalue weighted by Gasteiger charge is -2.16. The van der Waals surface area contributed by atoms with Gasteiger partial charge in [0.05, 0.1) is 7.11 Å². The van der Waals surface area contributed by atoms with Gasteiger partial charge in [-0.3, -0.25) is 4.79 Å². The molecule has 1 N–H and O–H groups in total. The van der Waals surface area contributed by atoms with Crippen LogP contribution in [0, 0.1) is 5.92 Å². The molecule has 1 atom stereocenters. The summed E-state index contributed by atoms with van der Waals surface area (Å²) in [6.07, 6.45) is 0.0329. The van der Waals surface area contributed by atoms with Crippen molar-refractivity contribution in [2.24, 2.45) is 5.92 Å². The largest absolute Gasteiger partial charge is 0.453 e. The van der Waals surface area contributed by atoms with Crippen LogP contribution >= 0.6 is 0 Å². The Morgan fingerprint density at radius 3 is 2.84 bits per heavy atom. The van der Waals surface area contributed by atoms with Gasteiger partial charge >= 0.3 is 6.09 Å². The van der Waals surface area contributed by atoms with Crippen molar-refractivity contribution in [2.45, 2.75) is 13.0 Å². The van der Waals surface area contributed by atoms with Gasteiger partial charge in [0.2, 0.25) is 5.91 Å². The van der Waals surface area contributed by atoms with E-state index in [1.165, 1.54) is 7.11 Å². The molecule has 0 saturated carbocycles. The van der Waals surface area contributed by atoms with Crippen molar-refractivity contribution in [1.29, 1.82) is 0 Å². The Bertz CT molecular complexity index is 447. The molecule has 1 aliphatic rings. The molecule has 1 saturated heterocycles. The molecule has 19 heavy (non-hydrogen) atoms. The number of carbonyl (C=O) groups is 2. The predicted octanol–water partition coefficient (Wildman–Crippen LogP) is 1.39. The second kappa shape index (κ2) is 6.22. The normalized spacial score (nSPS) is 18.5. The molecule has 2 amide bonds. The first-order valence-electron chi connectivity index (χ1n) is 6.32. The Balaban J connectivity index is 1.84. The molecule has 102 valence electrons. The molecule has 1 fully saturated rings. The van der Waals surface area contributed by atoms with E-state index in [0.29, 0.717) is 26.1 Å². The minimum absolute atomic E-state index is 0.139. The fourth-order valence-corrected chi connectivity index (χ4v) is 2.25. The van der Waals surface area contributed by atoms with Crippen molar-refractivity contribution in [3.63, 3.8) is 0 Å². The number of hydrogen-bond acceptors (Lipinski definition) is 3. The predicted molar refractivity (Wildman–Crippen MR) is 70.4 cm³/mol. The number of methoxy groups -OCH3 is 1. The first kappa shape index (κ1) is 13.4. The van der Waals surface area contributed by atoms with Crippen molar-refractivity contribution >= 4 is 12.0 Å². The van der Waals surface area contributed by atoms with E-state index in [-0.39, 0.29) is 11.8 Å². The van der Waals surface area contributed by atoms with E-state index in [4.69, 9.17) is 0 Å². The molecule has 0 aromatic heterocycles. The Labute approximate surface area is 112 Å². The highest BCUT2D eigenvalue weighted by molar-refractivity contribution is 5.78. The van der Waals surface area contributed by atoms with E-state index < -0.39 is 6.09 Å². The molecular formula is C14H18N2O3. The van der Waals surface area contributed by atoms with Gasteiger partial charge in [-0.25, -0.2) is 4.79 Å². The van der Waals surface area contributed by atoms with Gasteiger partial charge in [0, 0.05) is 32.0 Å². The van der Waals surface area contributed by atoms with Gasteiger partial charge in [0.1, 0.15) is 0 Å². The molecule has 1 aliphatic heterocycles. The number of nitrogens with one attached hydrogen (secondary N) is 1. The van der Waals surface area contributed by atoms with Gasteiger partial charge in [-0.05, 0) is 5.56 Å². The Hall–Kier alpha value is -2.04. The average molecular weight is 262 g/mol. The lowest BCUT2D eigenvalue weighted by atomic mass is 10.1. The maximum Gasteiger partial charge on any atom is 0.406 e. The summed E-state index contributed by atoms with van der Waals surface area (Å²) in [5, 5.41) is 2.64. The second-order valence-corrected chi connectivity index (χ2v) is 4.70. The highest BCUT2D eigenvalue weighted by Gasteiger charge is 2.29. The summed E-state index contributed by atoms with van der Waals surface area (Å²) in [7, 11) is 1.33. The van der Waals surface area contributed by atoms with Crippen LogP contribution in [0.25, 0.3) is 0 Å². The standard InChI is InChI=1S/C14H18N2O3/c1-19-14(18)15-8-12-7-13(17)16(10-12)9-11-5-3-2-4-6-11/h2-6,12H,7-10H2,1H3,(H,15,18). The number of nitrogens with zero attached hydrogens (tertiary/aromatic N) is 1. The fourth-order valence-electron chi connectivity index (χ4n) is 2.25. The quantitative estimate of drug-likeness (QED) is 0.892. The Morgan fingerprint density at radius 2 is 2.16 bits per heavy atom. The first-order valence-corrected chi connectivity index (χ1v) is 6.32. The zero-order valence-corrected chi connectivity index (χ0v) is 11.0. The first-order chi connectivity index (χ1) is 9.19. The molecule has 5 heteroatoms. The number of benzene rings is 1. The molecular weight excluding hydrogens is 244 g/mol. The topological polar surface area (TPSA) is 58.6 Å². The smallest absolute Gasteiger partial charge is 0.406 e. The van der Waals surface area contributed by atoms with Crippen LogP contribution < -0.4 is 5.32 Å². The second-order valence-electron chi connectivity index (χ2n) is 4.70. The third kappa shape index (κ3) is 3.71. The Kier molecular flexibility index (Phi) is 4.39. The van der Waals surface area contributed by atoms with Gasteiger partial charge in [-0.2, -0.15) is 0 Å². The third-order valence-corrected chi connectivity index (χ3v) is 3.23. The van der Waals surface area contributed by atoms with Gasteiger partial charge in [0.25, 0.3) is 0 Å². The van der Waals surface area contributed by atoms with Gasteiger partial charge in [-0.15, -0.1) is 0 Å². The number of rotatable bonds is 4. The summed E-state index contributed by atoms with van der Waals surface area (Å²) >= 11 is 0. The van der Waals surface area contributed by atoms with Crippen LogP contribution in [0.2, 0.25) is 0 Å². The van der Waals surface area contributed by atoms with Crippen LogP contribution in [-0.2, 0) is 16.1 Å². The van der Waals surface area contributed by atoms with Crippen LogP contribution in [0.15, 0.2) is 30.3 Å². The molecule has 0 radical (unpaired) electrons. The number of amides is 2. The highest BCUT2D eigenvalue weighted by Crippen LogP contribution is 2.19. The maximum atomic E-state index is 11.9. The van der Waals surface area contributed by atoms with Gasteiger partial charge < -0.3 is 15.0 Å². The highest BCUT2D eigenvalue weighted by atomic mass is 16.5. The van der Waals surface area contributed by atoms with Crippen molar-refractivity contribution in [1.82, 2.24) is 10.2 Å². The average Bonchev–Trinajstić information content (AvgIpc) is 2.78. The number of likely N-dealkylation sites (tertiary alicyclic amines) is 1. The molecule has 0 aliphatic carbocycles. The molecule has 1 aromatic rings. The van der Waals surface area contributed by atoms with Gasteiger partial charge in [0.15, 0.2) is 0 Å². The summed E-state index contributed by atoms with van der Waals surface area (Å²) in [5.74, 6) is 0.302. The van der Waals surface area contributed by atoms with Gasteiger partial charge in [-0.1, -0.05) is 30.3 Å². The van der Waals surface area contributed by atoms with Crippen LogP contribution in [0.4, 0.5) is 4.79 Å². The third-order valence-electron chi connectivity index (χ3n) is 3.23. The minimum Gasteiger partial charge on any atom is -0.453 e.